The van der Waals surface area contributed by atoms with Crippen LogP contribution in [-0.2, 0) is 19.1 Å². The quantitative estimate of drug-likeness (QED) is 0.0604. The zero-order chi connectivity index (χ0) is 63.1. The number of amides is 4. The molecule has 8 heterocycles. The molecule has 12 rings (SSSR count). The second kappa shape index (κ2) is 25.5. The highest BCUT2D eigenvalue weighted by Crippen LogP contribution is 2.40. The van der Waals surface area contributed by atoms with E-state index in [1.165, 1.54) is 96.1 Å². The van der Waals surface area contributed by atoms with E-state index in [0.29, 0.717) is 77.9 Å². The number of fused-ring (bicyclic) bond motifs is 2. The van der Waals surface area contributed by atoms with E-state index in [1.54, 1.807) is 39.0 Å². The number of carboxylic acids is 2. The first kappa shape index (κ1) is 61.5. The highest BCUT2D eigenvalue weighted by molar-refractivity contribution is 7.12. The summed E-state index contributed by atoms with van der Waals surface area (Å²) in [5.41, 5.74) is 1.33. The number of amidine groups is 2. The number of nitrogens with one attached hydrogen (secondary N) is 2. The third-order valence-corrected chi connectivity index (χ3v) is 17.9. The van der Waals surface area contributed by atoms with Gasteiger partial charge in [-0.2, -0.15) is 0 Å². The number of carbonyl (C=O) groups is 6. The topological polar surface area (TPSA) is 255 Å². The van der Waals surface area contributed by atoms with Gasteiger partial charge in [-0.3, -0.25) is 29.6 Å². The predicted molar refractivity (Wildman–Crippen MR) is 316 cm³/mol. The Morgan fingerprint density at radius 2 is 1.09 bits per heavy atom. The molecule has 0 bridgehead atoms. The molecule has 0 spiro atoms. The predicted octanol–water partition coefficient (Wildman–Crippen LogP) is 7.63. The van der Waals surface area contributed by atoms with Crippen molar-refractivity contribution in [2.75, 3.05) is 89.5 Å². The summed E-state index contributed by atoms with van der Waals surface area (Å²) in [6.07, 6.45) is 3.22. The highest BCUT2D eigenvalue weighted by Gasteiger charge is 2.45. The van der Waals surface area contributed by atoms with Gasteiger partial charge in [-0.05, 0) is 66.6 Å². The van der Waals surface area contributed by atoms with E-state index < -0.39 is 65.0 Å². The van der Waals surface area contributed by atoms with E-state index in [2.05, 4.69) is 20.6 Å². The van der Waals surface area contributed by atoms with Crippen molar-refractivity contribution >= 4 is 93.3 Å². The van der Waals surface area contributed by atoms with Gasteiger partial charge in [0.25, 0.3) is 0 Å². The maximum absolute atomic E-state index is 14.9. The van der Waals surface area contributed by atoms with Gasteiger partial charge >= 0.3 is 35.9 Å². The lowest BCUT2D eigenvalue weighted by atomic mass is 9.92. The Balaban J connectivity index is 0.000000184. The van der Waals surface area contributed by atoms with Crippen LogP contribution in [0.15, 0.2) is 122 Å². The number of anilines is 2. The van der Waals surface area contributed by atoms with Crippen molar-refractivity contribution in [1.82, 2.24) is 40.2 Å². The minimum Gasteiger partial charge on any atom is -0.478 e. The van der Waals surface area contributed by atoms with Crippen molar-refractivity contribution in [3.05, 3.63) is 184 Å². The Morgan fingerprint density at radius 1 is 0.618 bits per heavy atom. The maximum Gasteiger partial charge on any atom is 0.338 e. The number of halogens is 6. The number of nitrogens with zero attached hydrogens (tertiary/aromatic N) is 10. The minimum absolute atomic E-state index is 0.00435. The van der Waals surface area contributed by atoms with Crippen molar-refractivity contribution in [2.24, 2.45) is 9.98 Å². The van der Waals surface area contributed by atoms with Gasteiger partial charge in [0.1, 0.15) is 29.5 Å². The minimum atomic E-state index is -1.27. The Hall–Kier alpha value is -9.16. The van der Waals surface area contributed by atoms with Crippen molar-refractivity contribution in [1.29, 1.82) is 0 Å². The number of aliphatic imine (C=N–C) groups is 2. The van der Waals surface area contributed by atoms with Gasteiger partial charge in [-0.1, -0.05) is 29.8 Å². The van der Waals surface area contributed by atoms with E-state index >= 15 is 0 Å². The number of aromatic nitrogens is 2. The van der Waals surface area contributed by atoms with Gasteiger partial charge in [0.15, 0.2) is 33.3 Å². The molecule has 89 heavy (non-hydrogen) atoms. The van der Waals surface area contributed by atoms with Gasteiger partial charge in [-0.15, -0.1) is 22.7 Å². The standard InChI is InChI=1S/C30H27F3N6O5S.C29H25ClF2N6O5S/c1-15-18(4-5-19(31)24(15)33)25-23(29(42)44-2)21(35-26(36-25)27-34-7-10-45-27)14-37-8-9-38-17(12-37)13-39(30(38)43)22-6-3-16(28(40)41)11-20(22)32;1-43-28(41)22-20(34-25(26-33-7-10-44-26)35-24(22)17-3-2-4-18(31)23(17)30)14-36-8-9-37-16(12-36)13-38(29(37)42)21-6-5-15(27(39)40)11-19(21)32/h3-7,10-11,17,25H,8-9,12-14H2,1-2H3,(H,35,36)(H,40,41);2-7,10-11,16,24H,8-9,12-14H2,1H3,(H,34,35)(H,39,40)/t17-,25-;16-,24-/m00/s1. The van der Waals surface area contributed by atoms with Crippen LogP contribution in [0.5, 0.6) is 0 Å². The van der Waals surface area contributed by atoms with Crippen LogP contribution < -0.4 is 20.4 Å². The van der Waals surface area contributed by atoms with Crippen LogP contribution in [0.2, 0.25) is 5.02 Å². The molecule has 0 saturated carbocycles. The Labute approximate surface area is 516 Å². The molecular formula is C59H52ClF5N12O10S2. The van der Waals surface area contributed by atoms with E-state index in [0.717, 1.165) is 18.2 Å². The number of urea groups is 2. The molecule has 4 N–H and O–H groups in total. The molecule has 4 saturated heterocycles. The maximum atomic E-state index is 14.9. The molecule has 22 nitrogen and oxygen atoms in total. The summed E-state index contributed by atoms with van der Waals surface area (Å²) in [7, 11) is 2.47. The second-order valence-electron chi connectivity index (χ2n) is 21.1. The number of hydrogen-bond donors (Lipinski definition) is 4. The van der Waals surface area contributed by atoms with E-state index in [9.17, 15) is 50.7 Å². The smallest absolute Gasteiger partial charge is 0.338 e. The number of carboxylic acid groups (broad SMARTS) is 2. The van der Waals surface area contributed by atoms with Crippen LogP contribution in [0.25, 0.3) is 0 Å². The molecule has 0 aliphatic carbocycles. The summed E-state index contributed by atoms with van der Waals surface area (Å²) in [5, 5.41) is 29.2. The molecule has 4 aromatic carbocycles. The number of methoxy groups -OCH3 is 2. The number of esters is 2. The monoisotopic (exact) mass is 1280 g/mol. The van der Waals surface area contributed by atoms with Gasteiger partial charge in [0, 0.05) is 106 Å². The molecule has 0 radical (unpaired) electrons. The van der Waals surface area contributed by atoms with E-state index in [1.807, 2.05) is 9.80 Å². The summed E-state index contributed by atoms with van der Waals surface area (Å²) in [6, 6.07) is 10.2. The van der Waals surface area contributed by atoms with Crippen LogP contribution >= 0.6 is 34.3 Å². The molecule has 6 aliphatic rings. The third-order valence-electron chi connectivity index (χ3n) is 15.9. The lowest BCUT2D eigenvalue weighted by Gasteiger charge is -2.38. The number of piperazine rings is 2. The average molecular weight is 1280 g/mol. The Bertz CT molecular complexity index is 3990. The van der Waals surface area contributed by atoms with Gasteiger partial charge in [0.2, 0.25) is 0 Å². The Kier molecular flexibility index (Phi) is 17.6. The molecular weight excluding hydrogens is 1230 g/mol. The molecule has 462 valence electrons. The summed E-state index contributed by atoms with van der Waals surface area (Å²) < 4.78 is 83.3. The molecule has 6 aliphatic heterocycles. The normalized spacial score (nSPS) is 20.3. The molecule has 4 atom stereocenters. The zero-order valence-corrected chi connectivity index (χ0v) is 49.6. The van der Waals surface area contributed by atoms with Gasteiger partial charge in [-0.25, -0.2) is 60.7 Å². The van der Waals surface area contributed by atoms with E-state index in [-0.39, 0.29) is 100 Å². The molecule has 0 unspecified atom stereocenters. The van der Waals surface area contributed by atoms with Crippen LogP contribution in [0.4, 0.5) is 42.9 Å². The average Bonchev–Trinajstić information content (AvgIpc) is 1.74. The number of benzene rings is 4. The largest absolute Gasteiger partial charge is 0.478 e. The SMILES string of the molecule is COC(=O)C1=C(CN2CCN3C(=O)N(c4ccc(C(=O)O)cc4F)C[C@@H]3C2)NC(c2nccs2)=N[C@H]1c1ccc(F)c(F)c1C.COC(=O)C1=C(CN2CCN3C(=O)N(c4ccc(C(=O)O)cc4F)C[C@@H]3C2)NC(c2nccs2)=N[C@H]1c1cccc(F)c1Cl. The highest BCUT2D eigenvalue weighted by atomic mass is 35.5. The van der Waals surface area contributed by atoms with Gasteiger partial charge in [0.05, 0.1) is 65.0 Å². The summed E-state index contributed by atoms with van der Waals surface area (Å²) in [6.45, 7) is 4.44. The lowest BCUT2D eigenvalue weighted by molar-refractivity contribution is -0.137. The third kappa shape index (κ3) is 12.1. The number of hydrogen-bond acceptors (Lipinski definition) is 18. The van der Waals surface area contributed by atoms with E-state index in [4.69, 9.17) is 41.3 Å². The molecule has 2 aromatic heterocycles. The first-order valence-electron chi connectivity index (χ1n) is 27.4. The number of aromatic carboxylic acids is 2. The summed E-state index contributed by atoms with van der Waals surface area (Å²) >= 11 is 9.01. The zero-order valence-electron chi connectivity index (χ0n) is 47.3. The fourth-order valence-electron chi connectivity index (χ4n) is 11.6. The van der Waals surface area contributed by atoms with Gasteiger partial charge < -0.3 is 40.1 Å². The van der Waals surface area contributed by atoms with Crippen LogP contribution in [0, 0.1) is 36.0 Å². The summed E-state index contributed by atoms with van der Waals surface area (Å²) in [4.78, 5) is 103. The summed E-state index contributed by atoms with van der Waals surface area (Å²) in [5.74, 6) is -7.50. The first-order valence-corrected chi connectivity index (χ1v) is 29.5. The van der Waals surface area contributed by atoms with Crippen molar-refractivity contribution in [3.63, 3.8) is 0 Å². The molecule has 6 aromatic rings. The fourth-order valence-corrected chi connectivity index (χ4v) is 13.0. The second-order valence-corrected chi connectivity index (χ2v) is 23.2. The number of ether oxygens (including phenoxy) is 2. The van der Waals surface area contributed by atoms with Crippen LogP contribution in [0.1, 0.15) is 59.5 Å². The van der Waals surface area contributed by atoms with Crippen molar-refractivity contribution in [3.8, 4) is 0 Å². The Morgan fingerprint density at radius 3 is 1.52 bits per heavy atom. The number of carbonyl (C=O) groups excluding carboxylic acids is 4. The molecule has 4 fully saturated rings. The van der Waals surface area contributed by atoms with Crippen LogP contribution in [0.3, 0.4) is 0 Å². The molecule has 4 amide bonds. The number of thiazole rings is 2. The van der Waals surface area contributed by atoms with Crippen LogP contribution in [-0.4, -0.2) is 179 Å². The van der Waals surface area contributed by atoms with Crippen molar-refractivity contribution in [2.45, 2.75) is 31.1 Å². The van der Waals surface area contributed by atoms with Crippen molar-refractivity contribution < 1.29 is 70.4 Å². The first-order chi connectivity index (χ1) is 42.7. The fraction of sp³-hybridized carbons (Fsp3) is 0.288. The lowest BCUT2D eigenvalue weighted by Crippen LogP contribution is -2.53. The molecule has 30 heteroatoms. The number of rotatable bonds is 14.